The molecule has 0 saturated carbocycles. The molecule has 1 aromatic carbocycles. The highest BCUT2D eigenvalue weighted by molar-refractivity contribution is 7.15. The lowest BCUT2D eigenvalue weighted by molar-refractivity contribution is -0.114. The number of rotatable bonds is 5. The molecule has 2 aromatic rings. The first kappa shape index (κ1) is 21.3. The van der Waals surface area contributed by atoms with Crippen LogP contribution in [0.2, 0.25) is 0 Å². The molecular formula is C21H23N5O3S. The normalized spacial score (nSPS) is 15.0. The molecule has 2 heterocycles. The quantitative estimate of drug-likeness (QED) is 0.506. The Morgan fingerprint density at radius 1 is 0.967 bits per heavy atom. The van der Waals surface area contributed by atoms with Gasteiger partial charge in [0.05, 0.1) is 26.7 Å². The maximum absolute atomic E-state index is 12.9. The minimum Gasteiger partial charge on any atom is -0.354 e. The molecule has 9 heteroatoms. The largest absolute Gasteiger partial charge is 0.354 e. The van der Waals surface area contributed by atoms with Crippen molar-refractivity contribution in [3.05, 3.63) is 62.5 Å². The van der Waals surface area contributed by atoms with E-state index in [9.17, 15) is 14.4 Å². The maximum atomic E-state index is 12.9. The molecule has 0 atom stereocenters. The van der Waals surface area contributed by atoms with Crippen LogP contribution in [0.4, 0.5) is 5.69 Å². The summed E-state index contributed by atoms with van der Waals surface area (Å²) in [6.45, 7) is 7.43. The second-order valence-corrected chi connectivity index (χ2v) is 7.98. The molecule has 0 unspecified atom stereocenters. The van der Waals surface area contributed by atoms with Crippen LogP contribution < -0.4 is 21.2 Å². The summed E-state index contributed by atoms with van der Waals surface area (Å²) in [5, 5.41) is 8.25. The minimum atomic E-state index is -0.402. The van der Waals surface area contributed by atoms with Crippen LogP contribution in [-0.2, 0) is 4.79 Å². The van der Waals surface area contributed by atoms with E-state index in [-0.39, 0.29) is 11.8 Å². The average Bonchev–Trinajstić information content (AvgIpc) is 3.32. The molecule has 1 aliphatic heterocycles. The molecule has 1 aromatic heterocycles. The molecule has 156 valence electrons. The molecular weight excluding hydrogens is 402 g/mol. The Kier molecular flexibility index (Phi) is 6.02. The number of allylic oxidation sites excluding steroid dienone is 1. The Morgan fingerprint density at radius 2 is 1.63 bits per heavy atom. The lowest BCUT2D eigenvalue weighted by Crippen LogP contribution is -2.37. The summed E-state index contributed by atoms with van der Waals surface area (Å²) < 4.78 is 0. The number of carbonyl (C=O) groups excluding carboxylic acids is 3. The SMILES string of the molecule is CNC(=O)c1ccc(C(=O)NN/C(C)=C2\C(=O)N(c3ccc(C)c(C)c3)N=C2C)s1. The Hall–Kier alpha value is -3.46. The molecule has 0 aliphatic carbocycles. The lowest BCUT2D eigenvalue weighted by atomic mass is 10.1. The van der Waals surface area contributed by atoms with E-state index in [1.54, 1.807) is 26.0 Å². The highest BCUT2D eigenvalue weighted by Crippen LogP contribution is 2.26. The number of anilines is 1. The topological polar surface area (TPSA) is 103 Å². The molecule has 30 heavy (non-hydrogen) atoms. The summed E-state index contributed by atoms with van der Waals surface area (Å²) in [5.74, 6) is -0.922. The van der Waals surface area contributed by atoms with E-state index < -0.39 is 5.91 Å². The van der Waals surface area contributed by atoms with Crippen molar-refractivity contribution in [2.24, 2.45) is 5.10 Å². The zero-order valence-electron chi connectivity index (χ0n) is 17.4. The number of hydrogen-bond acceptors (Lipinski definition) is 6. The second-order valence-electron chi connectivity index (χ2n) is 6.89. The standard InChI is InChI=1S/C21H23N5O3S/c1-11-6-7-15(10-12(11)2)26-21(29)18(14(4)25-26)13(3)23-24-20(28)17-9-8-16(30-17)19(27)22-5/h6-10,23H,1-5H3,(H,22,27)(H,24,28)/b18-13-. The van der Waals surface area contributed by atoms with Crippen LogP contribution in [-0.4, -0.2) is 30.5 Å². The zero-order valence-corrected chi connectivity index (χ0v) is 18.2. The maximum Gasteiger partial charge on any atom is 0.282 e. The van der Waals surface area contributed by atoms with Gasteiger partial charge in [-0.25, -0.2) is 0 Å². The highest BCUT2D eigenvalue weighted by atomic mass is 32.1. The van der Waals surface area contributed by atoms with Crippen molar-refractivity contribution in [3.8, 4) is 0 Å². The van der Waals surface area contributed by atoms with Crippen molar-refractivity contribution in [1.82, 2.24) is 16.2 Å². The predicted molar refractivity (Wildman–Crippen MR) is 118 cm³/mol. The fraction of sp³-hybridized carbons (Fsp3) is 0.238. The summed E-state index contributed by atoms with van der Waals surface area (Å²) in [4.78, 5) is 37.8. The summed E-state index contributed by atoms with van der Waals surface area (Å²) >= 11 is 1.08. The van der Waals surface area contributed by atoms with Crippen LogP contribution in [0.1, 0.15) is 44.3 Å². The van der Waals surface area contributed by atoms with Crippen molar-refractivity contribution in [3.63, 3.8) is 0 Å². The van der Waals surface area contributed by atoms with Crippen LogP contribution in [0, 0.1) is 13.8 Å². The van der Waals surface area contributed by atoms with Gasteiger partial charge in [-0.1, -0.05) is 6.07 Å². The first-order valence-corrected chi connectivity index (χ1v) is 10.1. The molecule has 3 amide bonds. The minimum absolute atomic E-state index is 0.250. The fourth-order valence-corrected chi connectivity index (χ4v) is 3.80. The highest BCUT2D eigenvalue weighted by Gasteiger charge is 2.31. The first-order chi connectivity index (χ1) is 14.2. The van der Waals surface area contributed by atoms with Crippen LogP contribution in [0.5, 0.6) is 0 Å². The molecule has 8 nitrogen and oxygen atoms in total. The van der Waals surface area contributed by atoms with Gasteiger partial charge in [-0.15, -0.1) is 11.3 Å². The smallest absolute Gasteiger partial charge is 0.282 e. The number of hydrazone groups is 1. The van der Waals surface area contributed by atoms with Gasteiger partial charge in [-0.2, -0.15) is 10.1 Å². The van der Waals surface area contributed by atoms with E-state index in [1.165, 1.54) is 12.1 Å². The van der Waals surface area contributed by atoms with E-state index in [1.807, 2.05) is 32.0 Å². The summed E-state index contributed by atoms with van der Waals surface area (Å²) in [6, 6.07) is 8.87. The Morgan fingerprint density at radius 3 is 2.27 bits per heavy atom. The van der Waals surface area contributed by atoms with Gasteiger partial charge in [-0.05, 0) is 63.1 Å². The number of hydrogen-bond donors (Lipinski definition) is 3. The Balaban J connectivity index is 1.73. The number of amides is 3. The summed E-state index contributed by atoms with van der Waals surface area (Å²) in [6.07, 6.45) is 0. The van der Waals surface area contributed by atoms with Gasteiger partial charge in [0.25, 0.3) is 17.7 Å². The van der Waals surface area contributed by atoms with Crippen molar-refractivity contribution >= 4 is 40.5 Å². The van der Waals surface area contributed by atoms with Crippen LogP contribution >= 0.6 is 11.3 Å². The first-order valence-electron chi connectivity index (χ1n) is 9.29. The summed E-state index contributed by atoms with van der Waals surface area (Å²) in [7, 11) is 1.53. The number of benzene rings is 1. The van der Waals surface area contributed by atoms with Gasteiger partial charge in [0.2, 0.25) is 0 Å². The van der Waals surface area contributed by atoms with E-state index in [2.05, 4.69) is 21.3 Å². The van der Waals surface area contributed by atoms with Crippen molar-refractivity contribution in [2.75, 3.05) is 12.1 Å². The van der Waals surface area contributed by atoms with Gasteiger partial charge >= 0.3 is 0 Å². The molecule has 0 spiro atoms. The lowest BCUT2D eigenvalue weighted by Gasteiger charge is -2.14. The molecule has 1 aliphatic rings. The summed E-state index contributed by atoms with van der Waals surface area (Å²) in [5.41, 5.74) is 9.67. The third kappa shape index (κ3) is 4.11. The van der Waals surface area contributed by atoms with Crippen LogP contribution in [0.25, 0.3) is 0 Å². The van der Waals surface area contributed by atoms with E-state index in [0.717, 1.165) is 22.5 Å². The van der Waals surface area contributed by atoms with Gasteiger partial charge in [-0.3, -0.25) is 19.8 Å². The number of carbonyl (C=O) groups is 3. The molecule has 3 N–H and O–H groups in total. The number of hydrazine groups is 1. The molecule has 0 bridgehead atoms. The molecule has 0 saturated heterocycles. The van der Waals surface area contributed by atoms with E-state index >= 15 is 0 Å². The van der Waals surface area contributed by atoms with Crippen molar-refractivity contribution < 1.29 is 14.4 Å². The molecule has 3 rings (SSSR count). The number of thiophene rings is 1. The van der Waals surface area contributed by atoms with Crippen LogP contribution in [0.15, 0.2) is 46.7 Å². The van der Waals surface area contributed by atoms with Crippen molar-refractivity contribution in [1.29, 1.82) is 0 Å². The van der Waals surface area contributed by atoms with E-state index in [4.69, 9.17) is 0 Å². The number of nitrogens with one attached hydrogen (secondary N) is 3. The Bertz CT molecular complexity index is 1100. The third-order valence-electron chi connectivity index (χ3n) is 4.77. The molecule has 0 fully saturated rings. The van der Waals surface area contributed by atoms with E-state index in [0.29, 0.717) is 32.4 Å². The van der Waals surface area contributed by atoms with Gasteiger partial charge < -0.3 is 10.7 Å². The van der Waals surface area contributed by atoms with Crippen molar-refractivity contribution in [2.45, 2.75) is 27.7 Å². The third-order valence-corrected chi connectivity index (χ3v) is 5.86. The number of aryl methyl sites for hydroxylation is 2. The predicted octanol–water partition coefficient (Wildman–Crippen LogP) is 2.66. The second kappa shape index (κ2) is 8.50. The molecule has 0 radical (unpaired) electrons. The Labute approximate surface area is 178 Å². The van der Waals surface area contributed by atoms with Crippen LogP contribution in [0.3, 0.4) is 0 Å². The zero-order chi connectivity index (χ0) is 22.0. The van der Waals surface area contributed by atoms with Gasteiger partial charge in [0.15, 0.2) is 0 Å². The number of nitrogens with zero attached hydrogens (tertiary/aromatic N) is 2. The van der Waals surface area contributed by atoms with Gasteiger partial charge in [0.1, 0.15) is 0 Å². The van der Waals surface area contributed by atoms with Gasteiger partial charge in [0, 0.05) is 12.7 Å². The average molecular weight is 426 g/mol. The fourth-order valence-electron chi connectivity index (χ4n) is 2.95. The monoisotopic (exact) mass is 425 g/mol.